The largest absolute Gasteiger partial charge is 1.00 e. The molecule has 0 spiro atoms. The summed E-state index contributed by atoms with van der Waals surface area (Å²) in [6.45, 7) is 1.01. The Bertz CT molecular complexity index is 221. The van der Waals surface area contributed by atoms with Crippen LogP contribution in [-0.2, 0) is 6.54 Å². The number of aromatic amines is 1. The molecule has 0 amide bonds. The zero-order valence-electron chi connectivity index (χ0n) is 5.25. The van der Waals surface area contributed by atoms with Crippen LogP contribution in [0.2, 0.25) is 0 Å². The summed E-state index contributed by atoms with van der Waals surface area (Å²) in [4.78, 5) is 3.13. The zero-order valence-corrected chi connectivity index (χ0v) is 7.65. The maximum absolute atomic E-state index is 3.13. The Balaban J connectivity index is 0.000000500. The van der Waals surface area contributed by atoms with Gasteiger partial charge in [-0.3, -0.25) is 0 Å². The molecule has 1 N–H and O–H groups in total. The highest BCUT2D eigenvalue weighted by molar-refractivity contribution is 8.01. The van der Waals surface area contributed by atoms with E-state index in [-0.39, 0.29) is 17.0 Å². The van der Waals surface area contributed by atoms with Crippen molar-refractivity contribution in [3.8, 4) is 0 Å². The number of rotatable bonds is 0. The average molecular weight is 219 g/mol. The van der Waals surface area contributed by atoms with Gasteiger partial charge in [-0.05, 0) is 23.2 Å². The number of hydrogen-bond acceptors (Lipinski definition) is 1. The molecule has 0 saturated heterocycles. The van der Waals surface area contributed by atoms with Crippen LogP contribution in [-0.4, -0.2) is 4.98 Å². The fourth-order valence-electron chi connectivity index (χ4n) is 0.864. The first-order valence-corrected chi connectivity index (χ1v) is 3.73. The second-order valence-corrected chi connectivity index (χ2v) is 2.80. The number of nitrogens with zero attached hydrogens (tertiary/aromatic N) is 1. The number of hydrogen-bond donors (Lipinski definition) is 1. The lowest BCUT2D eigenvalue weighted by atomic mass is 10.6. The molecular formula is C6H7BrN2S. The summed E-state index contributed by atoms with van der Waals surface area (Å²) in [5.74, 6) is 0. The van der Waals surface area contributed by atoms with E-state index in [4.69, 9.17) is 0 Å². The van der Waals surface area contributed by atoms with Crippen molar-refractivity contribution < 1.29 is 21.5 Å². The van der Waals surface area contributed by atoms with E-state index in [1.165, 1.54) is 5.16 Å². The highest BCUT2D eigenvalue weighted by Crippen LogP contribution is 2.14. The van der Waals surface area contributed by atoms with Gasteiger partial charge in [0, 0.05) is 0 Å². The van der Waals surface area contributed by atoms with Crippen molar-refractivity contribution in [1.29, 1.82) is 0 Å². The molecular weight excluding hydrogens is 212 g/mol. The van der Waals surface area contributed by atoms with Crippen molar-refractivity contribution in [3.63, 3.8) is 0 Å². The van der Waals surface area contributed by atoms with Crippen LogP contribution in [0.5, 0.6) is 0 Å². The molecule has 2 heterocycles. The molecule has 0 bridgehead atoms. The fraction of sp³-hybridized carbons (Fsp3) is 0.167. The molecule has 0 aromatic carbocycles. The molecule has 10 heavy (non-hydrogen) atoms. The second kappa shape index (κ2) is 3.25. The van der Waals surface area contributed by atoms with Crippen molar-refractivity contribution in [2.75, 3.05) is 0 Å². The average Bonchev–Trinajstić information content (AvgIpc) is 2.33. The first-order valence-electron chi connectivity index (χ1n) is 2.85. The summed E-state index contributed by atoms with van der Waals surface area (Å²) < 4.78 is 2.17. The second-order valence-electron chi connectivity index (χ2n) is 1.91. The molecule has 0 radical (unpaired) electrons. The molecule has 1 aromatic heterocycles. The van der Waals surface area contributed by atoms with Gasteiger partial charge in [0.2, 0.25) is 0 Å². The minimum absolute atomic E-state index is 0. The van der Waals surface area contributed by atoms with Gasteiger partial charge in [-0.25, -0.2) is 9.55 Å². The third-order valence-electron chi connectivity index (χ3n) is 1.30. The predicted octanol–water partition coefficient (Wildman–Crippen LogP) is -2.07. The maximum Gasteiger partial charge on any atom is 0.320 e. The smallest absolute Gasteiger partial charge is 0.320 e. The molecule has 0 fully saturated rings. The Kier molecular flexibility index (Phi) is 2.56. The molecule has 4 heteroatoms. The number of H-pyrrole nitrogens is 1. The van der Waals surface area contributed by atoms with E-state index in [9.17, 15) is 0 Å². The lowest BCUT2D eigenvalue weighted by Crippen LogP contribution is -3.00. The molecule has 54 valence electrons. The minimum atomic E-state index is 0. The topological polar surface area (TPSA) is 19.7 Å². The van der Waals surface area contributed by atoms with Gasteiger partial charge in [0.25, 0.3) is 0 Å². The molecule has 0 atom stereocenters. The van der Waals surface area contributed by atoms with Crippen LogP contribution in [0, 0.1) is 0 Å². The summed E-state index contributed by atoms with van der Waals surface area (Å²) >= 11 is 1.72. The minimum Gasteiger partial charge on any atom is -1.00 e. The lowest BCUT2D eigenvalue weighted by molar-refractivity contribution is -0.723. The molecule has 1 aromatic rings. The maximum atomic E-state index is 3.13. The monoisotopic (exact) mass is 218 g/mol. The number of nitrogens with one attached hydrogen (secondary N) is 1. The quantitative estimate of drug-likeness (QED) is 0.497. The van der Waals surface area contributed by atoms with E-state index in [1.54, 1.807) is 11.8 Å². The van der Waals surface area contributed by atoms with Crippen LogP contribution in [0.4, 0.5) is 0 Å². The summed E-state index contributed by atoms with van der Waals surface area (Å²) in [6.07, 6.45) is 6.15. The summed E-state index contributed by atoms with van der Waals surface area (Å²) in [7, 11) is 0. The van der Waals surface area contributed by atoms with E-state index in [0.717, 1.165) is 6.54 Å². The Labute approximate surface area is 74.1 Å². The van der Waals surface area contributed by atoms with Crippen molar-refractivity contribution in [2.24, 2.45) is 0 Å². The number of aromatic nitrogens is 2. The van der Waals surface area contributed by atoms with Crippen molar-refractivity contribution in [2.45, 2.75) is 11.7 Å². The highest BCUT2D eigenvalue weighted by Gasteiger charge is 2.10. The van der Waals surface area contributed by atoms with E-state index < -0.39 is 0 Å². The molecule has 1 aliphatic heterocycles. The number of halogens is 1. The molecule has 0 saturated carbocycles. The van der Waals surface area contributed by atoms with E-state index in [0.29, 0.717) is 0 Å². The number of thioether (sulfide) groups is 1. The number of imidazole rings is 1. The summed E-state index contributed by atoms with van der Waals surface area (Å²) in [6, 6.07) is 0. The molecule has 1 aliphatic rings. The Morgan fingerprint density at radius 2 is 2.50 bits per heavy atom. The third kappa shape index (κ3) is 1.27. The molecule has 2 rings (SSSR count). The number of fused-ring (bicyclic) bond motifs is 1. The van der Waals surface area contributed by atoms with Gasteiger partial charge < -0.3 is 17.0 Å². The molecule has 0 aliphatic carbocycles. The standard InChI is InChI=1S/C6H6N2S.BrH/c1-3-8-4-2-7-6(8)9-5-1;/h1-2,4-5H,3H2;1H. The van der Waals surface area contributed by atoms with E-state index in [2.05, 4.69) is 21.0 Å². The van der Waals surface area contributed by atoms with Gasteiger partial charge in [0.15, 0.2) is 0 Å². The lowest BCUT2D eigenvalue weighted by Gasteiger charge is -1.97. The summed E-state index contributed by atoms with van der Waals surface area (Å²) in [5.41, 5.74) is 0. The normalized spacial score (nSPS) is 14.0. The van der Waals surface area contributed by atoms with Crippen molar-refractivity contribution in [1.82, 2.24) is 4.98 Å². The first-order chi connectivity index (χ1) is 4.47. The zero-order chi connectivity index (χ0) is 6.10. The van der Waals surface area contributed by atoms with Gasteiger partial charge >= 0.3 is 5.16 Å². The van der Waals surface area contributed by atoms with Crippen LogP contribution < -0.4 is 21.5 Å². The predicted molar refractivity (Wildman–Crippen MR) is 36.0 cm³/mol. The summed E-state index contributed by atoms with van der Waals surface area (Å²) in [5, 5.41) is 3.32. The van der Waals surface area contributed by atoms with Gasteiger partial charge in [0.05, 0.1) is 0 Å². The van der Waals surface area contributed by atoms with Crippen LogP contribution in [0.1, 0.15) is 0 Å². The van der Waals surface area contributed by atoms with Crippen LogP contribution >= 0.6 is 11.8 Å². The van der Waals surface area contributed by atoms with Crippen molar-refractivity contribution >= 4 is 11.8 Å². The Hall–Kier alpha value is -0.220. The van der Waals surface area contributed by atoms with Crippen LogP contribution in [0.15, 0.2) is 29.0 Å². The van der Waals surface area contributed by atoms with E-state index >= 15 is 0 Å². The van der Waals surface area contributed by atoms with Gasteiger partial charge in [-0.15, -0.1) is 0 Å². The van der Waals surface area contributed by atoms with E-state index in [1.807, 2.05) is 12.4 Å². The molecule has 2 nitrogen and oxygen atoms in total. The van der Waals surface area contributed by atoms with Gasteiger partial charge in [0.1, 0.15) is 18.9 Å². The molecule has 0 unspecified atom stereocenters. The Morgan fingerprint density at radius 3 is 3.30 bits per heavy atom. The fourth-order valence-corrected chi connectivity index (χ4v) is 1.58. The van der Waals surface area contributed by atoms with Gasteiger partial charge in [-0.1, -0.05) is 0 Å². The Morgan fingerprint density at radius 1 is 1.60 bits per heavy atom. The SMILES string of the molecule is C1=CSc2[nH]cc[n+]2C1.[Br-]. The number of allylic oxidation sites excluding steroid dienone is 1. The third-order valence-corrected chi connectivity index (χ3v) is 2.20. The van der Waals surface area contributed by atoms with Crippen LogP contribution in [0.3, 0.4) is 0 Å². The highest BCUT2D eigenvalue weighted by atomic mass is 79.9. The van der Waals surface area contributed by atoms with Gasteiger partial charge in [-0.2, -0.15) is 0 Å². The van der Waals surface area contributed by atoms with Crippen LogP contribution in [0.25, 0.3) is 0 Å². The first kappa shape index (κ1) is 7.88. The van der Waals surface area contributed by atoms with Crippen molar-refractivity contribution in [3.05, 3.63) is 23.9 Å².